The average molecular weight is 166 g/mol. The SMILES string of the molecule is C=C(C)CCCCCCC1CC1. The van der Waals surface area contributed by atoms with Gasteiger partial charge in [-0.3, -0.25) is 0 Å². The summed E-state index contributed by atoms with van der Waals surface area (Å²) >= 11 is 0. The molecule has 12 heavy (non-hydrogen) atoms. The van der Waals surface area contributed by atoms with Crippen molar-refractivity contribution in [3.63, 3.8) is 0 Å². The Morgan fingerprint density at radius 2 is 1.83 bits per heavy atom. The Kier molecular flexibility index (Phi) is 4.42. The van der Waals surface area contributed by atoms with Crippen molar-refractivity contribution in [3.8, 4) is 0 Å². The molecule has 0 bridgehead atoms. The third kappa shape index (κ3) is 5.40. The highest BCUT2D eigenvalue weighted by Crippen LogP contribution is 2.34. The zero-order valence-electron chi connectivity index (χ0n) is 8.44. The molecule has 0 atom stereocenters. The van der Waals surface area contributed by atoms with Crippen LogP contribution in [0.3, 0.4) is 0 Å². The van der Waals surface area contributed by atoms with Gasteiger partial charge in [-0.15, -0.1) is 6.58 Å². The fourth-order valence-electron chi connectivity index (χ4n) is 1.62. The van der Waals surface area contributed by atoms with Gasteiger partial charge in [0.05, 0.1) is 0 Å². The molecule has 0 heterocycles. The highest BCUT2D eigenvalue weighted by molar-refractivity contribution is 4.87. The third-order valence-electron chi connectivity index (χ3n) is 2.66. The van der Waals surface area contributed by atoms with Gasteiger partial charge in [0.1, 0.15) is 0 Å². The molecular formula is C12H22. The lowest BCUT2D eigenvalue weighted by atomic mass is 10.1. The summed E-state index contributed by atoms with van der Waals surface area (Å²) < 4.78 is 0. The fourth-order valence-corrected chi connectivity index (χ4v) is 1.62. The topological polar surface area (TPSA) is 0 Å². The van der Waals surface area contributed by atoms with Crippen LogP contribution in [0.25, 0.3) is 0 Å². The molecule has 1 aliphatic rings. The van der Waals surface area contributed by atoms with E-state index in [9.17, 15) is 0 Å². The smallest absolute Gasteiger partial charge is 0.0326 e. The molecule has 0 aromatic heterocycles. The van der Waals surface area contributed by atoms with Crippen molar-refractivity contribution in [2.24, 2.45) is 5.92 Å². The summed E-state index contributed by atoms with van der Waals surface area (Å²) in [5.74, 6) is 1.13. The van der Waals surface area contributed by atoms with Crippen LogP contribution < -0.4 is 0 Å². The quantitative estimate of drug-likeness (QED) is 0.390. The molecule has 0 heteroatoms. The van der Waals surface area contributed by atoms with E-state index in [-0.39, 0.29) is 0 Å². The van der Waals surface area contributed by atoms with E-state index in [2.05, 4.69) is 13.5 Å². The lowest BCUT2D eigenvalue weighted by molar-refractivity contribution is 0.584. The Balaban J connectivity index is 1.73. The summed E-state index contributed by atoms with van der Waals surface area (Å²) in [6, 6.07) is 0. The van der Waals surface area contributed by atoms with E-state index < -0.39 is 0 Å². The van der Waals surface area contributed by atoms with Crippen LogP contribution in [0.15, 0.2) is 12.2 Å². The maximum Gasteiger partial charge on any atom is -0.0326 e. The maximum atomic E-state index is 3.91. The van der Waals surface area contributed by atoms with Crippen LogP contribution in [0.1, 0.15) is 58.3 Å². The van der Waals surface area contributed by atoms with Crippen molar-refractivity contribution in [1.29, 1.82) is 0 Å². The van der Waals surface area contributed by atoms with E-state index in [1.54, 1.807) is 0 Å². The number of unbranched alkanes of at least 4 members (excludes halogenated alkanes) is 3. The molecule has 0 radical (unpaired) electrons. The molecule has 0 amide bonds. The molecule has 1 aliphatic carbocycles. The highest BCUT2D eigenvalue weighted by Gasteiger charge is 2.19. The Hall–Kier alpha value is -0.260. The van der Waals surface area contributed by atoms with Crippen molar-refractivity contribution in [3.05, 3.63) is 12.2 Å². The summed E-state index contributed by atoms with van der Waals surface area (Å²) in [6.45, 7) is 6.04. The predicted molar refractivity (Wildman–Crippen MR) is 55.2 cm³/mol. The second-order valence-electron chi connectivity index (χ2n) is 4.35. The van der Waals surface area contributed by atoms with Gasteiger partial charge in [0.2, 0.25) is 0 Å². The molecule has 0 N–H and O–H groups in total. The Labute approximate surface area is 77.1 Å². The Morgan fingerprint density at radius 3 is 2.42 bits per heavy atom. The summed E-state index contributed by atoms with van der Waals surface area (Å²) in [4.78, 5) is 0. The van der Waals surface area contributed by atoms with Crippen LogP contribution in [0.5, 0.6) is 0 Å². The molecule has 1 saturated carbocycles. The first-order chi connectivity index (χ1) is 5.79. The van der Waals surface area contributed by atoms with Gasteiger partial charge < -0.3 is 0 Å². The largest absolute Gasteiger partial charge is 0.100 e. The molecule has 70 valence electrons. The van der Waals surface area contributed by atoms with E-state index in [4.69, 9.17) is 0 Å². The molecule has 0 aliphatic heterocycles. The van der Waals surface area contributed by atoms with Crippen molar-refractivity contribution in [1.82, 2.24) is 0 Å². The first kappa shape index (κ1) is 9.83. The average Bonchev–Trinajstić information content (AvgIpc) is 2.79. The minimum absolute atomic E-state index is 1.13. The predicted octanol–water partition coefficient (Wildman–Crippen LogP) is 4.31. The van der Waals surface area contributed by atoms with Gasteiger partial charge in [0, 0.05) is 0 Å². The Morgan fingerprint density at radius 1 is 1.17 bits per heavy atom. The first-order valence-electron chi connectivity index (χ1n) is 5.43. The molecule has 0 saturated heterocycles. The molecular weight excluding hydrogens is 144 g/mol. The fraction of sp³-hybridized carbons (Fsp3) is 0.833. The minimum atomic E-state index is 1.13. The summed E-state index contributed by atoms with van der Waals surface area (Å²) in [5, 5.41) is 0. The van der Waals surface area contributed by atoms with Crippen LogP contribution in [-0.2, 0) is 0 Å². The number of hydrogen-bond donors (Lipinski definition) is 0. The van der Waals surface area contributed by atoms with E-state index in [1.807, 2.05) is 0 Å². The van der Waals surface area contributed by atoms with Gasteiger partial charge in [-0.2, -0.15) is 0 Å². The van der Waals surface area contributed by atoms with E-state index in [1.165, 1.54) is 56.9 Å². The van der Waals surface area contributed by atoms with Crippen molar-refractivity contribution in [2.45, 2.75) is 58.3 Å². The standard InChI is InChI=1S/C12H22/c1-11(2)7-5-3-4-6-8-12-9-10-12/h12H,1,3-10H2,2H3. The normalized spacial score (nSPS) is 16.4. The summed E-state index contributed by atoms with van der Waals surface area (Å²) in [5.41, 5.74) is 1.34. The van der Waals surface area contributed by atoms with E-state index in [0.29, 0.717) is 0 Å². The molecule has 0 spiro atoms. The molecule has 1 rings (SSSR count). The van der Waals surface area contributed by atoms with Gasteiger partial charge in [-0.25, -0.2) is 0 Å². The third-order valence-corrected chi connectivity index (χ3v) is 2.66. The monoisotopic (exact) mass is 166 g/mol. The van der Waals surface area contributed by atoms with Gasteiger partial charge in [0.25, 0.3) is 0 Å². The first-order valence-corrected chi connectivity index (χ1v) is 5.43. The van der Waals surface area contributed by atoms with Gasteiger partial charge >= 0.3 is 0 Å². The molecule has 1 fully saturated rings. The van der Waals surface area contributed by atoms with Crippen LogP contribution in [-0.4, -0.2) is 0 Å². The van der Waals surface area contributed by atoms with Crippen LogP contribution in [0, 0.1) is 5.92 Å². The van der Waals surface area contributed by atoms with Crippen molar-refractivity contribution >= 4 is 0 Å². The molecule has 0 unspecified atom stereocenters. The highest BCUT2D eigenvalue weighted by atomic mass is 14.3. The zero-order chi connectivity index (χ0) is 8.81. The second-order valence-corrected chi connectivity index (χ2v) is 4.35. The van der Waals surface area contributed by atoms with Crippen LogP contribution in [0.4, 0.5) is 0 Å². The second kappa shape index (κ2) is 5.40. The van der Waals surface area contributed by atoms with Crippen LogP contribution >= 0.6 is 0 Å². The lowest BCUT2D eigenvalue weighted by Crippen LogP contribution is -1.81. The van der Waals surface area contributed by atoms with Gasteiger partial charge in [-0.05, 0) is 25.7 Å². The van der Waals surface area contributed by atoms with E-state index in [0.717, 1.165) is 5.92 Å². The molecule has 0 aromatic carbocycles. The zero-order valence-corrected chi connectivity index (χ0v) is 8.44. The number of rotatable bonds is 7. The number of allylic oxidation sites excluding steroid dienone is 1. The van der Waals surface area contributed by atoms with Gasteiger partial charge in [0.15, 0.2) is 0 Å². The van der Waals surface area contributed by atoms with Crippen molar-refractivity contribution in [2.75, 3.05) is 0 Å². The number of hydrogen-bond acceptors (Lipinski definition) is 0. The lowest BCUT2D eigenvalue weighted by Gasteiger charge is -2.00. The van der Waals surface area contributed by atoms with Gasteiger partial charge in [-0.1, -0.05) is 44.1 Å². The maximum absolute atomic E-state index is 3.91. The van der Waals surface area contributed by atoms with E-state index >= 15 is 0 Å². The summed E-state index contributed by atoms with van der Waals surface area (Å²) in [6.07, 6.45) is 11.5. The van der Waals surface area contributed by atoms with Crippen LogP contribution in [0.2, 0.25) is 0 Å². The van der Waals surface area contributed by atoms with Crippen molar-refractivity contribution < 1.29 is 0 Å². The molecule has 0 aromatic rings. The minimum Gasteiger partial charge on any atom is -0.100 e. The Bertz CT molecular complexity index is 131. The summed E-state index contributed by atoms with van der Waals surface area (Å²) in [7, 11) is 0. The molecule has 0 nitrogen and oxygen atoms in total.